The molecule has 0 aromatic heterocycles. The van der Waals surface area contributed by atoms with Crippen LogP contribution in [0, 0.1) is 11.6 Å². The van der Waals surface area contributed by atoms with Gasteiger partial charge in [0.05, 0.1) is 15.8 Å². The van der Waals surface area contributed by atoms with E-state index in [0.29, 0.717) is 4.47 Å². The number of rotatable bonds is 4. The first kappa shape index (κ1) is 15.2. The van der Waals surface area contributed by atoms with Gasteiger partial charge in [-0.15, -0.1) is 0 Å². The van der Waals surface area contributed by atoms with Crippen LogP contribution in [-0.4, -0.2) is 12.5 Å². The van der Waals surface area contributed by atoms with E-state index in [1.165, 1.54) is 24.3 Å². The lowest BCUT2D eigenvalue weighted by atomic mass is 10.2. The predicted octanol–water partition coefficient (Wildman–Crippen LogP) is 3.33. The third kappa shape index (κ3) is 4.16. The zero-order valence-electron chi connectivity index (χ0n) is 10.7. The van der Waals surface area contributed by atoms with E-state index < -0.39 is 17.5 Å². The van der Waals surface area contributed by atoms with E-state index in [-0.39, 0.29) is 23.7 Å². The summed E-state index contributed by atoms with van der Waals surface area (Å²) in [6, 6.07) is 7.51. The Bertz CT molecular complexity index is 680. The molecule has 7 heteroatoms. The molecule has 0 aliphatic carbocycles. The summed E-state index contributed by atoms with van der Waals surface area (Å²) in [4.78, 5) is 11.7. The highest BCUT2D eigenvalue weighted by molar-refractivity contribution is 9.10. The number of hydrogen-bond acceptors (Lipinski definition) is 3. The molecule has 0 spiro atoms. The molecule has 0 fully saturated rings. The standard InChI is InChI=1S/C14H11BrF2N2O2/c15-10-3-1-9(17)6-13(10)21-7-14(20)19-12-4-2-8(16)5-11(12)18/h1-6H,7,18H2,(H,19,20). The van der Waals surface area contributed by atoms with Crippen molar-refractivity contribution in [1.82, 2.24) is 0 Å². The Kier molecular flexibility index (Phi) is 4.74. The van der Waals surface area contributed by atoms with E-state index >= 15 is 0 Å². The number of nitrogen functional groups attached to an aromatic ring is 1. The van der Waals surface area contributed by atoms with Gasteiger partial charge >= 0.3 is 0 Å². The number of amides is 1. The van der Waals surface area contributed by atoms with E-state index in [2.05, 4.69) is 21.2 Å². The predicted molar refractivity (Wildman–Crippen MR) is 79.0 cm³/mol. The Hall–Kier alpha value is -2.15. The first-order valence-corrected chi connectivity index (χ1v) is 6.68. The molecule has 2 aromatic carbocycles. The molecule has 0 saturated heterocycles. The van der Waals surface area contributed by atoms with Crippen molar-refractivity contribution in [2.24, 2.45) is 0 Å². The number of hydrogen-bond donors (Lipinski definition) is 2. The third-order valence-corrected chi connectivity index (χ3v) is 3.19. The zero-order valence-corrected chi connectivity index (χ0v) is 12.3. The second-order valence-electron chi connectivity index (χ2n) is 4.14. The Morgan fingerprint density at radius 3 is 2.57 bits per heavy atom. The molecule has 0 bridgehead atoms. The highest BCUT2D eigenvalue weighted by atomic mass is 79.9. The maximum absolute atomic E-state index is 13.1. The summed E-state index contributed by atoms with van der Waals surface area (Å²) in [5.74, 6) is -1.26. The fraction of sp³-hybridized carbons (Fsp3) is 0.0714. The molecule has 0 saturated carbocycles. The SMILES string of the molecule is Nc1cc(F)ccc1NC(=O)COc1cc(F)ccc1Br. The van der Waals surface area contributed by atoms with E-state index in [4.69, 9.17) is 10.5 Å². The van der Waals surface area contributed by atoms with Crippen LogP contribution in [0.15, 0.2) is 40.9 Å². The molecule has 0 unspecified atom stereocenters. The van der Waals surface area contributed by atoms with Gasteiger partial charge in [-0.25, -0.2) is 8.78 Å². The minimum absolute atomic E-state index is 0.107. The van der Waals surface area contributed by atoms with Crippen LogP contribution in [0.2, 0.25) is 0 Å². The molecule has 1 amide bonds. The van der Waals surface area contributed by atoms with Crippen LogP contribution in [0.3, 0.4) is 0 Å². The maximum Gasteiger partial charge on any atom is 0.262 e. The van der Waals surface area contributed by atoms with Crippen LogP contribution in [0.1, 0.15) is 0 Å². The smallest absolute Gasteiger partial charge is 0.262 e. The Labute approximate surface area is 128 Å². The maximum atomic E-state index is 13.1. The van der Waals surface area contributed by atoms with E-state index in [0.717, 1.165) is 12.1 Å². The highest BCUT2D eigenvalue weighted by Gasteiger charge is 2.09. The number of carbonyl (C=O) groups is 1. The quantitative estimate of drug-likeness (QED) is 0.825. The third-order valence-electron chi connectivity index (χ3n) is 2.54. The first-order chi connectivity index (χ1) is 9.95. The lowest BCUT2D eigenvalue weighted by Crippen LogP contribution is -2.21. The number of ether oxygens (including phenoxy) is 1. The van der Waals surface area contributed by atoms with Crippen LogP contribution in [0.4, 0.5) is 20.2 Å². The lowest BCUT2D eigenvalue weighted by molar-refractivity contribution is -0.118. The molecule has 0 aliphatic rings. The number of benzene rings is 2. The topological polar surface area (TPSA) is 64.3 Å². The lowest BCUT2D eigenvalue weighted by Gasteiger charge is -2.10. The Morgan fingerprint density at radius 2 is 1.86 bits per heavy atom. The summed E-state index contributed by atoms with van der Waals surface area (Å²) >= 11 is 3.18. The fourth-order valence-electron chi connectivity index (χ4n) is 1.56. The Balaban J connectivity index is 1.97. The summed E-state index contributed by atoms with van der Waals surface area (Å²) in [5, 5.41) is 2.48. The average Bonchev–Trinajstić information content (AvgIpc) is 2.43. The largest absolute Gasteiger partial charge is 0.482 e. The van der Waals surface area contributed by atoms with Gasteiger partial charge in [-0.3, -0.25) is 4.79 Å². The highest BCUT2D eigenvalue weighted by Crippen LogP contribution is 2.25. The van der Waals surface area contributed by atoms with Crippen molar-refractivity contribution in [2.45, 2.75) is 0 Å². The van der Waals surface area contributed by atoms with E-state index in [9.17, 15) is 13.6 Å². The summed E-state index contributed by atoms with van der Waals surface area (Å²) in [6.45, 7) is -0.334. The molecular weight excluding hydrogens is 346 g/mol. The van der Waals surface area contributed by atoms with E-state index in [1.807, 2.05) is 0 Å². The van der Waals surface area contributed by atoms with Gasteiger partial charge < -0.3 is 15.8 Å². The van der Waals surface area contributed by atoms with Crippen molar-refractivity contribution in [3.63, 3.8) is 0 Å². The van der Waals surface area contributed by atoms with Crippen molar-refractivity contribution in [3.05, 3.63) is 52.5 Å². The van der Waals surface area contributed by atoms with Gasteiger partial charge in [0, 0.05) is 6.07 Å². The molecule has 0 atom stereocenters. The fourth-order valence-corrected chi connectivity index (χ4v) is 1.93. The van der Waals surface area contributed by atoms with Crippen molar-refractivity contribution in [2.75, 3.05) is 17.7 Å². The monoisotopic (exact) mass is 356 g/mol. The van der Waals surface area contributed by atoms with Gasteiger partial charge in [0.25, 0.3) is 5.91 Å². The van der Waals surface area contributed by atoms with Gasteiger partial charge in [0.15, 0.2) is 6.61 Å². The van der Waals surface area contributed by atoms with Crippen molar-refractivity contribution in [1.29, 1.82) is 0 Å². The van der Waals surface area contributed by atoms with Crippen molar-refractivity contribution in [3.8, 4) is 5.75 Å². The first-order valence-electron chi connectivity index (χ1n) is 5.88. The van der Waals surface area contributed by atoms with Crippen LogP contribution in [-0.2, 0) is 4.79 Å². The summed E-state index contributed by atoms with van der Waals surface area (Å²) < 4.78 is 31.7. The molecular formula is C14H11BrF2N2O2. The molecule has 4 nitrogen and oxygen atoms in total. The molecule has 110 valence electrons. The molecule has 2 aromatic rings. The number of nitrogens with one attached hydrogen (secondary N) is 1. The van der Waals surface area contributed by atoms with Crippen LogP contribution < -0.4 is 15.8 Å². The number of anilines is 2. The van der Waals surface area contributed by atoms with Crippen LogP contribution in [0.25, 0.3) is 0 Å². The van der Waals surface area contributed by atoms with Crippen LogP contribution >= 0.6 is 15.9 Å². The van der Waals surface area contributed by atoms with Gasteiger partial charge in [0.2, 0.25) is 0 Å². The van der Waals surface area contributed by atoms with Crippen molar-refractivity contribution >= 4 is 33.2 Å². The minimum atomic E-state index is -0.496. The zero-order chi connectivity index (χ0) is 15.4. The summed E-state index contributed by atoms with van der Waals surface area (Å²) in [5.41, 5.74) is 5.96. The van der Waals surface area contributed by atoms with Gasteiger partial charge in [0.1, 0.15) is 17.4 Å². The summed E-state index contributed by atoms with van der Waals surface area (Å²) in [7, 11) is 0. The average molecular weight is 357 g/mol. The molecule has 0 radical (unpaired) electrons. The van der Waals surface area contributed by atoms with Crippen LogP contribution in [0.5, 0.6) is 5.75 Å². The number of halogens is 3. The molecule has 0 heterocycles. The van der Waals surface area contributed by atoms with Gasteiger partial charge in [-0.2, -0.15) is 0 Å². The summed E-state index contributed by atoms with van der Waals surface area (Å²) in [6.07, 6.45) is 0. The van der Waals surface area contributed by atoms with E-state index in [1.54, 1.807) is 0 Å². The Morgan fingerprint density at radius 1 is 1.19 bits per heavy atom. The molecule has 2 rings (SSSR count). The molecule has 21 heavy (non-hydrogen) atoms. The normalized spacial score (nSPS) is 10.2. The number of nitrogens with two attached hydrogens (primary N) is 1. The molecule has 3 N–H and O–H groups in total. The van der Waals surface area contributed by atoms with Crippen molar-refractivity contribution < 1.29 is 18.3 Å². The second kappa shape index (κ2) is 6.53. The van der Waals surface area contributed by atoms with Gasteiger partial charge in [-0.1, -0.05) is 0 Å². The second-order valence-corrected chi connectivity index (χ2v) is 5.00. The number of carbonyl (C=O) groups excluding carboxylic acids is 1. The minimum Gasteiger partial charge on any atom is -0.482 e. The van der Waals surface area contributed by atoms with Gasteiger partial charge in [-0.05, 0) is 46.3 Å². The molecule has 0 aliphatic heterocycles.